The molecule has 0 aliphatic carbocycles. The fourth-order valence-corrected chi connectivity index (χ4v) is 3.44. The van der Waals surface area contributed by atoms with Crippen molar-refractivity contribution in [3.63, 3.8) is 0 Å². The first kappa shape index (κ1) is 17.4. The molecule has 7 heteroatoms. The molecule has 27 heavy (non-hydrogen) atoms. The number of fused-ring (bicyclic) bond motifs is 1. The molecule has 0 fully saturated rings. The van der Waals surface area contributed by atoms with E-state index in [1.807, 2.05) is 36.6 Å². The standard InChI is InChI=1S/C20H18N2O4S/c1-2-24-15-5-3-4-14(10-15)19(23)22-20-21-16(12-27-20)13-6-7-17-18(11-13)26-9-8-25-17/h3-7,10-12H,2,8-9H2,1H3,(H,21,22,23). The number of hydrogen-bond acceptors (Lipinski definition) is 6. The number of benzene rings is 2. The number of carbonyl (C=O) groups is 1. The van der Waals surface area contributed by atoms with Gasteiger partial charge in [-0.15, -0.1) is 11.3 Å². The van der Waals surface area contributed by atoms with Crippen molar-refractivity contribution in [3.8, 4) is 28.5 Å². The van der Waals surface area contributed by atoms with Crippen LogP contribution in [0.25, 0.3) is 11.3 Å². The first-order valence-corrected chi connectivity index (χ1v) is 9.50. The Morgan fingerprint density at radius 1 is 1.19 bits per heavy atom. The van der Waals surface area contributed by atoms with E-state index >= 15 is 0 Å². The highest BCUT2D eigenvalue weighted by atomic mass is 32.1. The van der Waals surface area contributed by atoms with Gasteiger partial charge in [0.1, 0.15) is 19.0 Å². The zero-order chi connectivity index (χ0) is 18.6. The van der Waals surface area contributed by atoms with E-state index in [1.165, 1.54) is 11.3 Å². The van der Waals surface area contributed by atoms with Crippen LogP contribution in [0.5, 0.6) is 17.2 Å². The summed E-state index contributed by atoms with van der Waals surface area (Å²) in [5.41, 5.74) is 2.21. The van der Waals surface area contributed by atoms with Crippen LogP contribution < -0.4 is 19.5 Å². The Kier molecular flexibility index (Phi) is 4.93. The zero-order valence-corrected chi connectivity index (χ0v) is 15.5. The maximum atomic E-state index is 12.5. The van der Waals surface area contributed by atoms with Crippen LogP contribution in [0.15, 0.2) is 47.8 Å². The Balaban J connectivity index is 1.49. The van der Waals surface area contributed by atoms with Crippen LogP contribution in [-0.4, -0.2) is 30.7 Å². The normalized spacial score (nSPS) is 12.5. The number of nitrogens with zero attached hydrogens (tertiary/aromatic N) is 1. The van der Waals surface area contributed by atoms with Crippen molar-refractivity contribution in [2.45, 2.75) is 6.92 Å². The summed E-state index contributed by atoms with van der Waals surface area (Å²) in [7, 11) is 0. The summed E-state index contributed by atoms with van der Waals surface area (Å²) in [5.74, 6) is 1.90. The molecule has 0 saturated carbocycles. The minimum atomic E-state index is -0.223. The van der Waals surface area contributed by atoms with Gasteiger partial charge in [0.15, 0.2) is 16.6 Å². The lowest BCUT2D eigenvalue weighted by Gasteiger charge is -2.18. The van der Waals surface area contributed by atoms with Crippen molar-refractivity contribution >= 4 is 22.4 Å². The maximum Gasteiger partial charge on any atom is 0.257 e. The van der Waals surface area contributed by atoms with E-state index in [0.29, 0.717) is 42.0 Å². The van der Waals surface area contributed by atoms with Crippen molar-refractivity contribution in [3.05, 3.63) is 53.4 Å². The molecule has 0 radical (unpaired) electrons. The lowest BCUT2D eigenvalue weighted by molar-refractivity contribution is 0.102. The molecule has 0 bridgehead atoms. The number of carbonyl (C=O) groups excluding carboxylic acids is 1. The van der Waals surface area contributed by atoms with Gasteiger partial charge in [0.25, 0.3) is 5.91 Å². The summed E-state index contributed by atoms with van der Waals surface area (Å²) in [6.07, 6.45) is 0. The zero-order valence-electron chi connectivity index (χ0n) is 14.7. The number of nitrogens with one attached hydrogen (secondary N) is 1. The van der Waals surface area contributed by atoms with E-state index in [1.54, 1.807) is 18.2 Å². The van der Waals surface area contributed by atoms with Crippen LogP contribution in [0.3, 0.4) is 0 Å². The van der Waals surface area contributed by atoms with Crippen LogP contribution in [0.1, 0.15) is 17.3 Å². The molecule has 6 nitrogen and oxygen atoms in total. The SMILES string of the molecule is CCOc1cccc(C(=O)Nc2nc(-c3ccc4c(c3)OCCO4)cs2)c1. The highest BCUT2D eigenvalue weighted by Gasteiger charge is 2.15. The average molecular weight is 382 g/mol. The van der Waals surface area contributed by atoms with Gasteiger partial charge in [0.05, 0.1) is 12.3 Å². The number of ether oxygens (including phenoxy) is 3. The van der Waals surface area contributed by atoms with E-state index in [2.05, 4.69) is 10.3 Å². The van der Waals surface area contributed by atoms with Gasteiger partial charge in [0.2, 0.25) is 0 Å². The number of hydrogen-bond donors (Lipinski definition) is 1. The van der Waals surface area contributed by atoms with Gasteiger partial charge >= 0.3 is 0 Å². The van der Waals surface area contributed by atoms with Crippen LogP contribution in [0, 0.1) is 0 Å². The largest absolute Gasteiger partial charge is 0.494 e. The molecule has 0 spiro atoms. The van der Waals surface area contributed by atoms with Crippen LogP contribution in [0.2, 0.25) is 0 Å². The lowest BCUT2D eigenvalue weighted by atomic mass is 10.1. The van der Waals surface area contributed by atoms with Gasteiger partial charge in [-0.2, -0.15) is 0 Å². The number of anilines is 1. The molecule has 1 amide bonds. The molecule has 3 aromatic rings. The summed E-state index contributed by atoms with van der Waals surface area (Å²) in [4.78, 5) is 17.0. The molecule has 0 saturated heterocycles. The van der Waals surface area contributed by atoms with Crippen LogP contribution in [-0.2, 0) is 0 Å². The quantitative estimate of drug-likeness (QED) is 0.715. The summed E-state index contributed by atoms with van der Waals surface area (Å²) < 4.78 is 16.6. The van der Waals surface area contributed by atoms with Gasteiger partial charge in [0, 0.05) is 16.5 Å². The number of aromatic nitrogens is 1. The molecule has 0 unspecified atom stereocenters. The Hall–Kier alpha value is -3.06. The minimum absolute atomic E-state index is 0.223. The van der Waals surface area contributed by atoms with Gasteiger partial charge < -0.3 is 14.2 Å². The number of amides is 1. The summed E-state index contributed by atoms with van der Waals surface area (Å²) >= 11 is 1.37. The van der Waals surface area contributed by atoms with E-state index in [-0.39, 0.29) is 5.91 Å². The Morgan fingerprint density at radius 3 is 2.89 bits per heavy atom. The highest BCUT2D eigenvalue weighted by Crippen LogP contribution is 2.35. The molecule has 1 aliphatic heterocycles. The monoisotopic (exact) mass is 382 g/mol. The Bertz CT molecular complexity index is 970. The molecule has 2 aromatic carbocycles. The van der Waals surface area contributed by atoms with E-state index < -0.39 is 0 Å². The third-order valence-corrected chi connectivity index (χ3v) is 4.73. The average Bonchev–Trinajstić information content (AvgIpc) is 3.16. The molecule has 2 heterocycles. The minimum Gasteiger partial charge on any atom is -0.494 e. The van der Waals surface area contributed by atoms with Gasteiger partial charge in [-0.3, -0.25) is 10.1 Å². The molecule has 0 atom stereocenters. The predicted octanol–water partition coefficient (Wildman–Crippen LogP) is 4.23. The molecular formula is C20H18N2O4S. The highest BCUT2D eigenvalue weighted by molar-refractivity contribution is 7.14. The predicted molar refractivity (Wildman–Crippen MR) is 104 cm³/mol. The second kappa shape index (κ2) is 7.67. The van der Waals surface area contributed by atoms with Gasteiger partial charge in [-0.1, -0.05) is 6.07 Å². The van der Waals surface area contributed by atoms with Crippen molar-refractivity contribution in [1.82, 2.24) is 4.98 Å². The third kappa shape index (κ3) is 3.88. The Morgan fingerprint density at radius 2 is 2.04 bits per heavy atom. The van der Waals surface area contributed by atoms with Crippen molar-refractivity contribution < 1.29 is 19.0 Å². The summed E-state index contributed by atoms with van der Waals surface area (Å²) in [5, 5.41) is 5.27. The third-order valence-electron chi connectivity index (χ3n) is 3.97. The van der Waals surface area contributed by atoms with E-state index in [4.69, 9.17) is 14.2 Å². The molecule has 1 N–H and O–H groups in total. The van der Waals surface area contributed by atoms with E-state index in [9.17, 15) is 4.79 Å². The summed E-state index contributed by atoms with van der Waals surface area (Å²) in [6, 6.07) is 12.8. The second-order valence-electron chi connectivity index (χ2n) is 5.81. The Labute approximate surface area is 160 Å². The molecule has 1 aliphatic rings. The van der Waals surface area contributed by atoms with Gasteiger partial charge in [-0.05, 0) is 43.3 Å². The van der Waals surface area contributed by atoms with Crippen molar-refractivity contribution in [2.75, 3.05) is 25.1 Å². The fraction of sp³-hybridized carbons (Fsp3) is 0.200. The first-order valence-electron chi connectivity index (χ1n) is 8.62. The number of thiazole rings is 1. The topological polar surface area (TPSA) is 69.7 Å². The van der Waals surface area contributed by atoms with E-state index in [0.717, 1.165) is 17.0 Å². The molecule has 1 aromatic heterocycles. The van der Waals surface area contributed by atoms with Crippen LogP contribution in [0.4, 0.5) is 5.13 Å². The van der Waals surface area contributed by atoms with Crippen molar-refractivity contribution in [2.24, 2.45) is 0 Å². The van der Waals surface area contributed by atoms with Crippen LogP contribution >= 0.6 is 11.3 Å². The lowest BCUT2D eigenvalue weighted by Crippen LogP contribution is -2.15. The molecule has 4 rings (SSSR count). The van der Waals surface area contributed by atoms with Gasteiger partial charge in [-0.25, -0.2) is 4.98 Å². The second-order valence-corrected chi connectivity index (χ2v) is 6.67. The maximum absolute atomic E-state index is 12.5. The number of rotatable bonds is 5. The van der Waals surface area contributed by atoms with Crippen molar-refractivity contribution in [1.29, 1.82) is 0 Å². The molecular weight excluding hydrogens is 364 g/mol. The smallest absolute Gasteiger partial charge is 0.257 e. The fourth-order valence-electron chi connectivity index (χ4n) is 2.73. The summed E-state index contributed by atoms with van der Waals surface area (Å²) in [6.45, 7) is 3.55. The first-order chi connectivity index (χ1) is 13.2. The molecule has 138 valence electrons.